The molecular weight excluding hydrogens is 416 g/mol. The molecule has 0 spiro atoms. The minimum Gasteiger partial charge on any atom is -0.389 e. The van der Waals surface area contributed by atoms with E-state index >= 15 is 0 Å². The molecule has 7 nitrogen and oxygen atoms in total. The molecule has 1 amide bonds. The lowest BCUT2D eigenvalue weighted by Crippen LogP contribution is -2.38. The number of aliphatic hydroxyl groups excluding tert-OH is 1. The van der Waals surface area contributed by atoms with Crippen LogP contribution in [-0.4, -0.2) is 36.8 Å². The van der Waals surface area contributed by atoms with E-state index in [0.717, 1.165) is 29.8 Å². The maximum atomic E-state index is 12.9. The van der Waals surface area contributed by atoms with Gasteiger partial charge >= 0.3 is 0 Å². The minimum absolute atomic E-state index is 0.134. The molecule has 2 aromatic carbocycles. The summed E-state index contributed by atoms with van der Waals surface area (Å²) in [5, 5.41) is 28.6. The van der Waals surface area contributed by atoms with E-state index in [2.05, 4.69) is 15.4 Å². The predicted molar refractivity (Wildman–Crippen MR) is 126 cm³/mol. The SMILES string of the molecule is Cc1cc2nc(NC(=O)c3ccc([C@@](C)(O)C(O)C4CC4)cc3)cc(-c3ccccc3)n2n1. The van der Waals surface area contributed by atoms with Crippen molar-refractivity contribution >= 4 is 17.4 Å². The summed E-state index contributed by atoms with van der Waals surface area (Å²) in [5.74, 6) is 0.248. The first-order valence-corrected chi connectivity index (χ1v) is 11.1. The first kappa shape index (κ1) is 21.3. The van der Waals surface area contributed by atoms with Crippen LogP contribution in [0.25, 0.3) is 16.9 Å². The maximum Gasteiger partial charge on any atom is 0.256 e. The van der Waals surface area contributed by atoms with E-state index in [0.29, 0.717) is 22.6 Å². The Morgan fingerprint density at radius 1 is 1.12 bits per heavy atom. The second-order valence-corrected chi connectivity index (χ2v) is 8.91. The van der Waals surface area contributed by atoms with Gasteiger partial charge in [-0.25, -0.2) is 9.50 Å². The van der Waals surface area contributed by atoms with Crippen molar-refractivity contribution in [2.24, 2.45) is 5.92 Å². The third-order valence-electron chi connectivity index (χ3n) is 6.24. The summed E-state index contributed by atoms with van der Waals surface area (Å²) in [6, 6.07) is 20.2. The first-order valence-electron chi connectivity index (χ1n) is 11.1. The van der Waals surface area contributed by atoms with Crippen molar-refractivity contribution in [2.45, 2.75) is 38.4 Å². The molecule has 7 heteroatoms. The standard InChI is InChI=1S/C26H26N4O3/c1-16-14-23-27-22(15-21(30(23)29-16)17-6-4-3-5-7-17)28-25(32)19-10-12-20(13-11-19)26(2,33)24(31)18-8-9-18/h3-7,10-15,18,24,31,33H,8-9H2,1-2H3,(H,27,28,32)/t24?,26-/m1/s1. The van der Waals surface area contributed by atoms with Crippen molar-refractivity contribution in [3.05, 3.63) is 83.6 Å². The van der Waals surface area contributed by atoms with Gasteiger partial charge in [0.1, 0.15) is 11.4 Å². The number of fused-ring (bicyclic) bond motifs is 1. The van der Waals surface area contributed by atoms with Crippen molar-refractivity contribution in [1.82, 2.24) is 14.6 Å². The fourth-order valence-electron chi connectivity index (χ4n) is 4.16. The van der Waals surface area contributed by atoms with Crippen LogP contribution >= 0.6 is 0 Å². The summed E-state index contributed by atoms with van der Waals surface area (Å²) in [6.07, 6.45) is 1.04. The molecule has 33 heavy (non-hydrogen) atoms. The summed E-state index contributed by atoms with van der Waals surface area (Å²) in [5.41, 5.74) is 2.92. The largest absolute Gasteiger partial charge is 0.389 e. The Hall–Kier alpha value is -3.55. The minimum atomic E-state index is -1.35. The fraction of sp³-hybridized carbons (Fsp3) is 0.269. The molecule has 2 aromatic heterocycles. The van der Waals surface area contributed by atoms with Crippen LogP contribution in [0.15, 0.2) is 66.7 Å². The highest BCUT2D eigenvalue weighted by atomic mass is 16.3. The summed E-state index contributed by atoms with van der Waals surface area (Å²) >= 11 is 0. The molecule has 0 saturated heterocycles. The number of hydrogen-bond donors (Lipinski definition) is 3. The summed E-state index contributed by atoms with van der Waals surface area (Å²) in [6.45, 7) is 3.52. The Kier molecular flexibility index (Phi) is 5.23. The van der Waals surface area contributed by atoms with Crippen molar-refractivity contribution < 1.29 is 15.0 Å². The van der Waals surface area contributed by atoms with Gasteiger partial charge in [0.2, 0.25) is 0 Å². The number of hydrogen-bond acceptors (Lipinski definition) is 5. The molecule has 1 aliphatic carbocycles. The average molecular weight is 443 g/mol. The Morgan fingerprint density at radius 2 is 1.82 bits per heavy atom. The molecule has 1 unspecified atom stereocenters. The van der Waals surface area contributed by atoms with Gasteiger partial charge < -0.3 is 15.5 Å². The molecule has 2 heterocycles. The van der Waals surface area contributed by atoms with E-state index in [-0.39, 0.29) is 11.8 Å². The lowest BCUT2D eigenvalue weighted by molar-refractivity contribution is -0.0770. The van der Waals surface area contributed by atoms with Crippen LogP contribution in [0.4, 0.5) is 5.82 Å². The number of benzene rings is 2. The van der Waals surface area contributed by atoms with Gasteiger partial charge in [-0.1, -0.05) is 42.5 Å². The number of aryl methyl sites for hydroxylation is 1. The molecule has 3 N–H and O–H groups in total. The number of nitrogens with zero attached hydrogens (tertiary/aromatic N) is 3. The number of nitrogens with one attached hydrogen (secondary N) is 1. The monoisotopic (exact) mass is 442 g/mol. The Labute approximate surface area is 191 Å². The molecule has 4 aromatic rings. The number of anilines is 1. The Morgan fingerprint density at radius 3 is 2.48 bits per heavy atom. The molecule has 1 aliphatic rings. The van der Waals surface area contributed by atoms with Crippen LogP contribution in [-0.2, 0) is 5.60 Å². The third kappa shape index (κ3) is 4.13. The van der Waals surface area contributed by atoms with Crippen LogP contribution < -0.4 is 5.32 Å². The number of amides is 1. The molecule has 0 radical (unpaired) electrons. The Balaban J connectivity index is 1.41. The van der Waals surface area contributed by atoms with Crippen LogP contribution in [0.3, 0.4) is 0 Å². The smallest absolute Gasteiger partial charge is 0.256 e. The van der Waals surface area contributed by atoms with Crippen molar-refractivity contribution in [2.75, 3.05) is 5.32 Å². The summed E-state index contributed by atoms with van der Waals surface area (Å²) in [7, 11) is 0. The van der Waals surface area contributed by atoms with E-state index in [1.54, 1.807) is 41.8 Å². The quantitative estimate of drug-likeness (QED) is 0.420. The van der Waals surface area contributed by atoms with Gasteiger partial charge in [-0.3, -0.25) is 4.79 Å². The van der Waals surface area contributed by atoms with E-state index < -0.39 is 11.7 Å². The fourth-order valence-corrected chi connectivity index (χ4v) is 4.16. The van der Waals surface area contributed by atoms with Crippen LogP contribution in [0.2, 0.25) is 0 Å². The molecule has 1 saturated carbocycles. The van der Waals surface area contributed by atoms with Gasteiger partial charge in [0.15, 0.2) is 5.65 Å². The van der Waals surface area contributed by atoms with Gasteiger partial charge in [-0.2, -0.15) is 5.10 Å². The van der Waals surface area contributed by atoms with E-state index in [1.165, 1.54) is 0 Å². The number of carbonyl (C=O) groups excluding carboxylic acids is 1. The van der Waals surface area contributed by atoms with E-state index in [4.69, 9.17) is 0 Å². The molecule has 2 atom stereocenters. The molecule has 0 aliphatic heterocycles. The van der Waals surface area contributed by atoms with Gasteiger partial charge in [-0.05, 0) is 50.3 Å². The van der Waals surface area contributed by atoms with Crippen LogP contribution in [0, 0.1) is 12.8 Å². The highest BCUT2D eigenvalue weighted by Gasteiger charge is 2.42. The zero-order valence-corrected chi connectivity index (χ0v) is 18.6. The zero-order valence-electron chi connectivity index (χ0n) is 18.6. The number of aromatic nitrogens is 3. The number of rotatable bonds is 6. The highest BCUT2D eigenvalue weighted by molar-refractivity contribution is 6.04. The molecular formula is C26H26N4O3. The van der Waals surface area contributed by atoms with E-state index in [9.17, 15) is 15.0 Å². The maximum absolute atomic E-state index is 12.9. The summed E-state index contributed by atoms with van der Waals surface area (Å²) < 4.78 is 1.77. The molecule has 1 fully saturated rings. The first-order chi connectivity index (χ1) is 15.8. The second kappa shape index (κ2) is 8.10. The second-order valence-electron chi connectivity index (χ2n) is 8.91. The zero-order chi connectivity index (χ0) is 23.2. The molecule has 168 valence electrons. The van der Waals surface area contributed by atoms with Crippen LogP contribution in [0.1, 0.15) is 41.4 Å². The highest BCUT2D eigenvalue weighted by Crippen LogP contribution is 2.41. The summed E-state index contributed by atoms with van der Waals surface area (Å²) in [4.78, 5) is 17.5. The molecule has 0 bridgehead atoms. The topological polar surface area (TPSA) is 99.8 Å². The Bertz CT molecular complexity index is 1310. The number of aliphatic hydroxyl groups is 2. The van der Waals surface area contributed by atoms with E-state index in [1.807, 2.05) is 43.3 Å². The van der Waals surface area contributed by atoms with Crippen molar-refractivity contribution in [1.29, 1.82) is 0 Å². The van der Waals surface area contributed by atoms with Gasteiger partial charge in [0.05, 0.1) is 17.5 Å². The van der Waals surface area contributed by atoms with Gasteiger partial charge in [0, 0.05) is 23.3 Å². The average Bonchev–Trinajstić information content (AvgIpc) is 3.59. The lowest BCUT2D eigenvalue weighted by atomic mass is 9.87. The third-order valence-corrected chi connectivity index (χ3v) is 6.24. The molecule has 5 rings (SSSR count). The predicted octanol–water partition coefficient (Wildman–Crippen LogP) is 3.94. The van der Waals surface area contributed by atoms with Gasteiger partial charge in [0.25, 0.3) is 5.91 Å². The van der Waals surface area contributed by atoms with Crippen LogP contribution in [0.5, 0.6) is 0 Å². The number of carbonyl (C=O) groups is 1. The normalized spacial score (nSPS) is 16.4. The lowest BCUT2D eigenvalue weighted by Gasteiger charge is -2.29. The van der Waals surface area contributed by atoms with Crippen molar-refractivity contribution in [3.8, 4) is 11.3 Å². The van der Waals surface area contributed by atoms with Crippen molar-refractivity contribution in [3.63, 3.8) is 0 Å². The van der Waals surface area contributed by atoms with Gasteiger partial charge in [-0.15, -0.1) is 0 Å².